The SMILES string of the molecule is CC1(C)OB(O)c2cc(NCCNC(=O)C(N)CCC(=O)N(CCN)CCN)ccc21. The van der Waals surface area contributed by atoms with Crippen LogP contribution >= 0.6 is 0 Å². The van der Waals surface area contributed by atoms with Gasteiger partial charge in [0.05, 0.1) is 11.6 Å². The lowest BCUT2D eigenvalue weighted by Crippen LogP contribution is -2.44. The molecule has 1 unspecified atom stereocenters. The number of rotatable bonds is 12. The van der Waals surface area contributed by atoms with Gasteiger partial charge < -0.3 is 42.4 Å². The number of hydrogen-bond acceptors (Lipinski definition) is 8. The van der Waals surface area contributed by atoms with Crippen molar-refractivity contribution in [2.24, 2.45) is 17.2 Å². The van der Waals surface area contributed by atoms with Crippen molar-refractivity contribution < 1.29 is 19.3 Å². The van der Waals surface area contributed by atoms with E-state index in [1.807, 2.05) is 32.0 Å². The highest BCUT2D eigenvalue weighted by atomic mass is 16.5. The average Bonchev–Trinajstić information content (AvgIpc) is 2.96. The van der Waals surface area contributed by atoms with E-state index in [-0.39, 0.29) is 24.7 Å². The van der Waals surface area contributed by atoms with E-state index in [0.717, 1.165) is 16.7 Å². The fraction of sp³-hybridized carbons (Fsp3) is 0.600. The summed E-state index contributed by atoms with van der Waals surface area (Å²) in [7, 11) is -0.946. The molecule has 1 aliphatic rings. The van der Waals surface area contributed by atoms with E-state index in [0.29, 0.717) is 39.3 Å². The molecule has 172 valence electrons. The van der Waals surface area contributed by atoms with Crippen LogP contribution in [0.5, 0.6) is 0 Å². The van der Waals surface area contributed by atoms with Gasteiger partial charge in [0, 0.05) is 51.4 Å². The van der Waals surface area contributed by atoms with Crippen LogP contribution in [0, 0.1) is 0 Å². The first-order valence-electron chi connectivity index (χ1n) is 10.6. The van der Waals surface area contributed by atoms with Crippen molar-refractivity contribution >= 4 is 30.1 Å². The number of nitrogens with zero attached hydrogens (tertiary/aromatic N) is 1. The van der Waals surface area contributed by atoms with Crippen LogP contribution in [0.4, 0.5) is 5.69 Å². The average molecular weight is 434 g/mol. The van der Waals surface area contributed by atoms with E-state index in [2.05, 4.69) is 10.6 Å². The number of carbonyl (C=O) groups is 2. The minimum Gasteiger partial charge on any atom is -0.423 e. The molecule has 1 aromatic carbocycles. The first-order valence-corrected chi connectivity index (χ1v) is 10.6. The summed E-state index contributed by atoms with van der Waals surface area (Å²) in [4.78, 5) is 26.0. The highest BCUT2D eigenvalue weighted by Crippen LogP contribution is 2.30. The number of carbonyl (C=O) groups excluding carboxylic acids is 2. The number of nitrogens with two attached hydrogens (primary N) is 3. The van der Waals surface area contributed by atoms with Gasteiger partial charge in [0.25, 0.3) is 0 Å². The summed E-state index contributed by atoms with van der Waals surface area (Å²) in [5, 5.41) is 16.0. The molecule has 0 saturated carbocycles. The van der Waals surface area contributed by atoms with E-state index in [1.54, 1.807) is 4.90 Å². The van der Waals surface area contributed by atoms with Crippen molar-refractivity contribution in [3.05, 3.63) is 23.8 Å². The van der Waals surface area contributed by atoms with Gasteiger partial charge in [0.15, 0.2) is 0 Å². The molecule has 2 rings (SSSR count). The normalized spacial score (nSPS) is 15.4. The van der Waals surface area contributed by atoms with E-state index in [1.165, 1.54) is 0 Å². The van der Waals surface area contributed by atoms with Gasteiger partial charge in [-0.25, -0.2) is 0 Å². The van der Waals surface area contributed by atoms with Gasteiger partial charge in [-0.05, 0) is 43.4 Å². The summed E-state index contributed by atoms with van der Waals surface area (Å²) in [5.41, 5.74) is 18.9. The third kappa shape index (κ3) is 6.91. The van der Waals surface area contributed by atoms with Crippen LogP contribution in [0.25, 0.3) is 0 Å². The van der Waals surface area contributed by atoms with E-state index in [9.17, 15) is 14.6 Å². The molecule has 31 heavy (non-hydrogen) atoms. The van der Waals surface area contributed by atoms with E-state index in [4.69, 9.17) is 21.9 Å². The molecule has 1 heterocycles. The Bertz CT molecular complexity index is 757. The monoisotopic (exact) mass is 434 g/mol. The maximum absolute atomic E-state index is 12.2. The molecular weight excluding hydrogens is 399 g/mol. The molecule has 2 amide bonds. The topological polar surface area (TPSA) is 169 Å². The molecule has 1 aliphatic heterocycles. The molecular formula is C20H35BN6O4. The smallest absolute Gasteiger partial charge is 0.423 e. The molecule has 1 aromatic rings. The quantitative estimate of drug-likeness (QED) is 0.162. The fourth-order valence-corrected chi connectivity index (χ4v) is 3.60. The highest BCUT2D eigenvalue weighted by molar-refractivity contribution is 6.62. The van der Waals surface area contributed by atoms with Gasteiger partial charge >= 0.3 is 7.12 Å². The lowest BCUT2D eigenvalue weighted by molar-refractivity contribution is -0.131. The molecule has 0 spiro atoms. The van der Waals surface area contributed by atoms with Crippen molar-refractivity contribution in [1.82, 2.24) is 10.2 Å². The molecule has 1 atom stereocenters. The summed E-state index contributed by atoms with van der Waals surface area (Å²) in [6.45, 7) is 6.27. The van der Waals surface area contributed by atoms with Crippen LogP contribution in [0.2, 0.25) is 0 Å². The van der Waals surface area contributed by atoms with Crippen molar-refractivity contribution in [3.8, 4) is 0 Å². The minimum absolute atomic E-state index is 0.105. The van der Waals surface area contributed by atoms with Gasteiger partial charge in [-0.2, -0.15) is 0 Å². The molecule has 11 heteroatoms. The standard InChI is InChI=1S/C20H35BN6O4/c1-20(2)15-4-3-14(13-16(15)21(30)31-20)25-9-10-26-19(29)17(24)5-6-18(28)27(11-7-22)12-8-23/h3-4,13,17,25,30H,5-12,22-24H2,1-2H3,(H,26,29). The lowest BCUT2D eigenvalue weighted by atomic mass is 9.78. The van der Waals surface area contributed by atoms with Crippen molar-refractivity contribution in [3.63, 3.8) is 0 Å². The zero-order chi connectivity index (χ0) is 23.0. The minimum atomic E-state index is -0.946. The molecule has 0 fully saturated rings. The fourth-order valence-electron chi connectivity index (χ4n) is 3.60. The second-order valence-corrected chi connectivity index (χ2v) is 8.10. The number of fused-ring (bicyclic) bond motifs is 1. The van der Waals surface area contributed by atoms with Crippen LogP contribution in [0.1, 0.15) is 32.3 Å². The first kappa shape index (κ1) is 25.1. The van der Waals surface area contributed by atoms with Gasteiger partial charge in [0.1, 0.15) is 0 Å². The number of nitrogens with one attached hydrogen (secondary N) is 2. The largest absolute Gasteiger partial charge is 0.492 e. The molecule has 0 aromatic heterocycles. The Morgan fingerprint density at radius 3 is 2.55 bits per heavy atom. The van der Waals surface area contributed by atoms with Crippen LogP contribution in [0.3, 0.4) is 0 Å². The van der Waals surface area contributed by atoms with Gasteiger partial charge in [-0.1, -0.05) is 6.07 Å². The molecule has 0 aliphatic carbocycles. The molecule has 9 N–H and O–H groups in total. The van der Waals surface area contributed by atoms with Crippen molar-refractivity contribution in [1.29, 1.82) is 0 Å². The molecule has 0 radical (unpaired) electrons. The molecule has 10 nitrogen and oxygen atoms in total. The predicted octanol–water partition coefficient (Wildman–Crippen LogP) is -1.98. The zero-order valence-electron chi connectivity index (χ0n) is 18.4. The van der Waals surface area contributed by atoms with Gasteiger partial charge in [0.2, 0.25) is 11.8 Å². The molecule has 0 saturated heterocycles. The maximum atomic E-state index is 12.2. The third-order valence-corrected chi connectivity index (χ3v) is 5.28. The Morgan fingerprint density at radius 1 is 1.23 bits per heavy atom. The van der Waals surface area contributed by atoms with Crippen LogP contribution < -0.4 is 33.3 Å². The Kier molecular flexibility index (Phi) is 9.26. The summed E-state index contributed by atoms with van der Waals surface area (Å²) >= 11 is 0. The maximum Gasteiger partial charge on any atom is 0.492 e. The van der Waals surface area contributed by atoms with Crippen LogP contribution in [-0.2, 0) is 19.8 Å². The Hall–Kier alpha value is -2.18. The van der Waals surface area contributed by atoms with Gasteiger partial charge in [-0.3, -0.25) is 9.59 Å². The van der Waals surface area contributed by atoms with E-state index >= 15 is 0 Å². The Morgan fingerprint density at radius 2 is 1.90 bits per heavy atom. The summed E-state index contributed by atoms with van der Waals surface area (Å²) in [5.74, 6) is -0.412. The Balaban J connectivity index is 1.72. The van der Waals surface area contributed by atoms with Crippen LogP contribution in [0.15, 0.2) is 18.2 Å². The second kappa shape index (κ2) is 11.4. The summed E-state index contributed by atoms with van der Waals surface area (Å²) in [6.07, 6.45) is 0.422. The van der Waals surface area contributed by atoms with Crippen LogP contribution in [-0.4, -0.2) is 74.2 Å². The Labute approximate surface area is 184 Å². The summed E-state index contributed by atoms with van der Waals surface area (Å²) < 4.78 is 5.56. The number of anilines is 1. The van der Waals surface area contributed by atoms with E-state index < -0.39 is 18.8 Å². The number of amides is 2. The number of hydrogen-bond donors (Lipinski definition) is 6. The third-order valence-electron chi connectivity index (χ3n) is 5.28. The van der Waals surface area contributed by atoms with Crippen molar-refractivity contribution in [2.45, 2.75) is 38.3 Å². The second-order valence-electron chi connectivity index (χ2n) is 8.10. The van der Waals surface area contributed by atoms with Gasteiger partial charge in [-0.15, -0.1) is 0 Å². The highest BCUT2D eigenvalue weighted by Gasteiger charge is 2.40. The number of benzene rings is 1. The van der Waals surface area contributed by atoms with Crippen molar-refractivity contribution in [2.75, 3.05) is 44.6 Å². The summed E-state index contributed by atoms with van der Waals surface area (Å²) in [6, 6.07) is 4.92. The predicted molar refractivity (Wildman–Crippen MR) is 122 cm³/mol. The molecule has 0 bridgehead atoms. The first-order chi connectivity index (χ1) is 14.7. The zero-order valence-corrected chi connectivity index (χ0v) is 18.4. The lowest BCUT2D eigenvalue weighted by Gasteiger charge is -2.22.